The maximum Gasteiger partial charge on any atom is 0.244 e. The van der Waals surface area contributed by atoms with Crippen LogP contribution >= 0.6 is 0 Å². The van der Waals surface area contributed by atoms with Crippen molar-refractivity contribution in [3.05, 3.63) is 29.5 Å². The van der Waals surface area contributed by atoms with E-state index in [1.807, 2.05) is 32.6 Å². The lowest BCUT2D eigenvalue weighted by atomic mass is 9.88. The Morgan fingerprint density at radius 1 is 1.14 bits per heavy atom. The zero-order chi connectivity index (χ0) is 21.3. The van der Waals surface area contributed by atoms with E-state index >= 15 is 0 Å². The van der Waals surface area contributed by atoms with Gasteiger partial charge in [-0.25, -0.2) is 0 Å². The van der Waals surface area contributed by atoms with E-state index in [1.54, 1.807) is 22.9 Å². The molecule has 2 aromatic rings. The lowest BCUT2D eigenvalue weighted by Gasteiger charge is -2.29. The van der Waals surface area contributed by atoms with Gasteiger partial charge in [-0.15, -0.1) is 0 Å². The number of aromatic nitrogens is 2. The first-order valence-corrected chi connectivity index (χ1v) is 9.80. The molecule has 154 valence electrons. The molecule has 0 saturated carbocycles. The summed E-state index contributed by atoms with van der Waals surface area (Å²) < 4.78 is 1.60. The summed E-state index contributed by atoms with van der Waals surface area (Å²) in [5, 5.41) is 14.7. The summed E-state index contributed by atoms with van der Waals surface area (Å²) in [6, 6.07) is 5.39. The number of rotatable bonds is 6. The van der Waals surface area contributed by atoms with Gasteiger partial charge in [-0.05, 0) is 24.0 Å². The van der Waals surface area contributed by atoms with E-state index < -0.39 is 5.41 Å². The van der Waals surface area contributed by atoms with Crippen molar-refractivity contribution in [2.45, 2.75) is 61.6 Å². The number of nitrogens with zero attached hydrogens (tertiary/aromatic N) is 3. The van der Waals surface area contributed by atoms with Crippen molar-refractivity contribution in [2.75, 3.05) is 13.1 Å². The van der Waals surface area contributed by atoms with Crippen LogP contribution in [-0.2, 0) is 17.9 Å². The topological polar surface area (TPSA) is 75.4 Å². The second-order valence-corrected chi connectivity index (χ2v) is 9.56. The van der Waals surface area contributed by atoms with Crippen LogP contribution in [0.25, 0.3) is 10.9 Å². The third-order valence-electron chi connectivity index (χ3n) is 4.58. The molecule has 6 heteroatoms. The van der Waals surface area contributed by atoms with E-state index in [1.165, 1.54) is 0 Å². The molecule has 0 aliphatic rings. The van der Waals surface area contributed by atoms with Crippen molar-refractivity contribution < 1.29 is 14.7 Å². The SMILES string of the molecule is CCN(CC(C)(C)C)C(=O)Cn1nc(C(=O)C(C)(C)C)c2ccc(CO)cc21. The number of amides is 1. The first-order valence-electron chi connectivity index (χ1n) is 9.80. The van der Waals surface area contributed by atoms with Crippen molar-refractivity contribution in [1.82, 2.24) is 14.7 Å². The monoisotopic (exact) mass is 387 g/mol. The number of Topliss-reactive ketones (excluding diaryl/α,β-unsaturated/α-hetero) is 1. The third kappa shape index (κ3) is 4.98. The number of carbonyl (C=O) groups is 2. The smallest absolute Gasteiger partial charge is 0.244 e. The van der Waals surface area contributed by atoms with E-state index in [-0.39, 0.29) is 30.3 Å². The van der Waals surface area contributed by atoms with E-state index in [9.17, 15) is 14.7 Å². The molecule has 1 aromatic heterocycles. The van der Waals surface area contributed by atoms with Crippen molar-refractivity contribution in [3.63, 3.8) is 0 Å². The summed E-state index contributed by atoms with van der Waals surface area (Å²) in [7, 11) is 0. The normalized spacial score (nSPS) is 12.4. The number of aliphatic hydroxyl groups is 1. The van der Waals surface area contributed by atoms with Crippen LogP contribution in [0, 0.1) is 10.8 Å². The fourth-order valence-electron chi connectivity index (χ4n) is 3.14. The van der Waals surface area contributed by atoms with Crippen LogP contribution < -0.4 is 0 Å². The fourth-order valence-corrected chi connectivity index (χ4v) is 3.14. The molecule has 0 radical (unpaired) electrons. The van der Waals surface area contributed by atoms with E-state index in [4.69, 9.17) is 0 Å². The summed E-state index contributed by atoms with van der Waals surface area (Å²) in [6.07, 6.45) is 0. The third-order valence-corrected chi connectivity index (χ3v) is 4.58. The number of hydrogen-bond acceptors (Lipinski definition) is 4. The highest BCUT2D eigenvalue weighted by molar-refractivity contribution is 6.08. The van der Waals surface area contributed by atoms with Crippen LogP contribution in [0.2, 0.25) is 0 Å². The number of hydrogen-bond donors (Lipinski definition) is 1. The molecule has 0 spiro atoms. The number of fused-ring (bicyclic) bond motifs is 1. The van der Waals surface area contributed by atoms with Gasteiger partial charge in [-0.3, -0.25) is 14.3 Å². The Bertz CT molecular complexity index is 870. The van der Waals surface area contributed by atoms with E-state index in [0.717, 1.165) is 5.56 Å². The Morgan fingerprint density at radius 3 is 2.29 bits per heavy atom. The first-order chi connectivity index (χ1) is 12.9. The Labute approximate surface area is 167 Å². The molecule has 6 nitrogen and oxygen atoms in total. The van der Waals surface area contributed by atoms with E-state index in [2.05, 4.69) is 25.9 Å². The molecule has 1 heterocycles. The predicted molar refractivity (Wildman–Crippen MR) is 111 cm³/mol. The van der Waals surface area contributed by atoms with Gasteiger partial charge in [0.25, 0.3) is 0 Å². The van der Waals surface area contributed by atoms with Crippen molar-refractivity contribution in [2.24, 2.45) is 10.8 Å². The summed E-state index contributed by atoms with van der Waals surface area (Å²) >= 11 is 0. The maximum absolute atomic E-state index is 12.9. The van der Waals surface area contributed by atoms with Crippen molar-refractivity contribution in [3.8, 4) is 0 Å². The predicted octanol–water partition coefficient (Wildman–Crippen LogP) is 3.65. The van der Waals surface area contributed by atoms with Gasteiger partial charge < -0.3 is 10.0 Å². The highest BCUT2D eigenvalue weighted by atomic mass is 16.3. The minimum absolute atomic E-state index is 0.00469. The standard InChI is InChI=1S/C22H33N3O3/c1-8-24(14-21(2,3)4)18(27)12-25-17-11-15(13-26)9-10-16(17)19(23-25)20(28)22(5,6)7/h9-11,26H,8,12-14H2,1-7H3. The second kappa shape index (κ2) is 8.03. The molecule has 1 aromatic carbocycles. The Balaban J connectivity index is 2.48. The fraction of sp³-hybridized carbons (Fsp3) is 0.591. The van der Waals surface area contributed by atoms with Crippen LogP contribution in [0.3, 0.4) is 0 Å². The molecule has 2 rings (SSSR count). The van der Waals surface area contributed by atoms with Gasteiger partial charge in [0.2, 0.25) is 5.91 Å². The van der Waals surface area contributed by atoms with Gasteiger partial charge in [0.15, 0.2) is 5.78 Å². The van der Waals surface area contributed by atoms with Gasteiger partial charge in [0.1, 0.15) is 12.2 Å². The molecule has 0 saturated heterocycles. The van der Waals surface area contributed by atoms with Crippen LogP contribution in [0.15, 0.2) is 18.2 Å². The molecule has 0 unspecified atom stereocenters. The minimum Gasteiger partial charge on any atom is -0.392 e. The number of ketones is 1. The average molecular weight is 388 g/mol. The molecule has 0 atom stereocenters. The Kier molecular flexibility index (Phi) is 6.34. The first kappa shape index (κ1) is 22.1. The van der Waals surface area contributed by atoms with Crippen LogP contribution in [0.5, 0.6) is 0 Å². The van der Waals surface area contributed by atoms with Crippen LogP contribution in [-0.4, -0.2) is 44.6 Å². The van der Waals surface area contributed by atoms with Gasteiger partial charge in [0, 0.05) is 23.9 Å². The molecule has 0 fully saturated rings. The molecule has 1 amide bonds. The molecular weight excluding hydrogens is 354 g/mol. The molecule has 1 N–H and O–H groups in total. The Hall–Kier alpha value is -2.21. The molecule has 0 aliphatic heterocycles. The highest BCUT2D eigenvalue weighted by Crippen LogP contribution is 2.27. The van der Waals surface area contributed by atoms with Crippen molar-refractivity contribution >= 4 is 22.6 Å². The number of likely N-dealkylation sites (N-methyl/N-ethyl adjacent to an activating group) is 1. The van der Waals surface area contributed by atoms with Gasteiger partial charge in [0.05, 0.1) is 12.1 Å². The summed E-state index contributed by atoms with van der Waals surface area (Å²) in [4.78, 5) is 27.6. The quantitative estimate of drug-likeness (QED) is 0.768. The van der Waals surface area contributed by atoms with Gasteiger partial charge >= 0.3 is 0 Å². The summed E-state index contributed by atoms with van der Waals surface area (Å²) in [6.45, 7) is 15.0. The number of aliphatic hydroxyl groups excluding tert-OH is 1. The lowest BCUT2D eigenvalue weighted by Crippen LogP contribution is -2.39. The zero-order valence-electron chi connectivity index (χ0n) is 18.2. The molecule has 0 bridgehead atoms. The lowest BCUT2D eigenvalue weighted by molar-refractivity contribution is -0.133. The number of carbonyl (C=O) groups excluding carboxylic acids is 2. The average Bonchev–Trinajstić information content (AvgIpc) is 2.94. The summed E-state index contributed by atoms with van der Waals surface area (Å²) in [5.41, 5.74) is 1.21. The highest BCUT2D eigenvalue weighted by Gasteiger charge is 2.29. The number of benzene rings is 1. The largest absolute Gasteiger partial charge is 0.392 e. The minimum atomic E-state index is -0.576. The van der Waals surface area contributed by atoms with Crippen LogP contribution in [0.1, 0.15) is 64.5 Å². The van der Waals surface area contributed by atoms with Crippen molar-refractivity contribution in [1.29, 1.82) is 0 Å². The zero-order valence-corrected chi connectivity index (χ0v) is 18.2. The maximum atomic E-state index is 12.9. The van der Waals surface area contributed by atoms with E-state index in [0.29, 0.717) is 29.7 Å². The summed E-state index contributed by atoms with van der Waals surface area (Å²) in [5.74, 6) is -0.103. The molecular formula is C22H33N3O3. The molecule has 28 heavy (non-hydrogen) atoms. The second-order valence-electron chi connectivity index (χ2n) is 9.56. The molecule has 0 aliphatic carbocycles. The Morgan fingerprint density at radius 2 is 1.79 bits per heavy atom. The van der Waals surface area contributed by atoms with Crippen LogP contribution in [0.4, 0.5) is 0 Å². The van der Waals surface area contributed by atoms with Gasteiger partial charge in [-0.1, -0.05) is 53.7 Å². The van der Waals surface area contributed by atoms with Gasteiger partial charge in [-0.2, -0.15) is 5.10 Å².